The smallest absolute Gasteiger partial charge is 0.178 e. The van der Waals surface area contributed by atoms with Gasteiger partial charge < -0.3 is 0 Å². The van der Waals surface area contributed by atoms with Crippen LogP contribution in [0.25, 0.3) is 0 Å². The summed E-state index contributed by atoms with van der Waals surface area (Å²) in [6.45, 7) is 15.4. The molecule has 0 aromatic carbocycles. The molecule has 0 amide bonds. The Balaban J connectivity index is 1.52. The van der Waals surface area contributed by atoms with Gasteiger partial charge in [-0.1, -0.05) is 66.2 Å². The molecule has 8 atom stereocenters. The van der Waals surface area contributed by atoms with Gasteiger partial charge in [0.2, 0.25) is 0 Å². The van der Waals surface area contributed by atoms with Gasteiger partial charge in [0.05, 0.1) is 11.5 Å². The van der Waals surface area contributed by atoms with Gasteiger partial charge in [-0.15, -0.1) is 0 Å². The van der Waals surface area contributed by atoms with E-state index < -0.39 is 16.2 Å². The van der Waals surface area contributed by atoms with E-state index in [-0.39, 0.29) is 62.8 Å². The molecule has 5 aliphatic carbocycles. The molecule has 3 unspecified atom stereocenters. The summed E-state index contributed by atoms with van der Waals surface area (Å²) in [5, 5.41) is 9.93. The highest BCUT2D eigenvalue weighted by atomic mass is 16.1. The number of ketones is 3. The van der Waals surface area contributed by atoms with Crippen LogP contribution in [0.1, 0.15) is 93.4 Å². The van der Waals surface area contributed by atoms with Crippen LogP contribution in [0, 0.1) is 67.5 Å². The van der Waals surface area contributed by atoms with E-state index in [1.807, 2.05) is 32.1 Å². The Hall–Kier alpha value is -2.61. The van der Waals surface area contributed by atoms with E-state index in [0.29, 0.717) is 0 Å². The number of nitriles is 1. The lowest BCUT2D eigenvalue weighted by molar-refractivity contribution is -0.177. The van der Waals surface area contributed by atoms with Gasteiger partial charge >= 0.3 is 0 Å². The van der Waals surface area contributed by atoms with E-state index in [2.05, 4.69) is 45.7 Å². The Morgan fingerprint density at radius 1 is 1.00 bits per heavy atom. The topological polar surface area (TPSA) is 87.4 Å². The van der Waals surface area contributed by atoms with Crippen LogP contribution in [0.4, 0.5) is 0 Å². The minimum absolute atomic E-state index is 0.00728. The average molecular weight is 541 g/mol. The van der Waals surface area contributed by atoms with Crippen LogP contribution in [-0.2, 0) is 14.4 Å². The van der Waals surface area contributed by atoms with Crippen molar-refractivity contribution in [2.45, 2.75) is 93.4 Å². The Kier molecular flexibility index (Phi) is 5.67. The van der Waals surface area contributed by atoms with Crippen LogP contribution in [0.3, 0.4) is 0 Å². The third kappa shape index (κ3) is 3.26. The summed E-state index contributed by atoms with van der Waals surface area (Å²) in [6.07, 6.45) is 15.3. The zero-order valence-corrected chi connectivity index (χ0v) is 25.3. The normalized spacial score (nSPS) is 46.2. The highest BCUT2D eigenvalue weighted by Crippen LogP contribution is 2.74. The molecule has 1 aliphatic heterocycles. The maximum absolute atomic E-state index is 14.6. The molecule has 3 saturated carbocycles. The van der Waals surface area contributed by atoms with E-state index in [9.17, 15) is 19.6 Å². The van der Waals surface area contributed by atoms with Crippen LogP contribution in [0.15, 0.2) is 40.6 Å². The number of allylic oxidation sites excluding steroid dienone is 5. The third-order valence-corrected chi connectivity index (χ3v) is 13.3. The van der Waals surface area contributed by atoms with E-state index in [1.165, 1.54) is 0 Å². The summed E-state index contributed by atoms with van der Waals surface area (Å²) in [4.78, 5) is 46.4. The molecule has 0 bridgehead atoms. The van der Waals surface area contributed by atoms with Gasteiger partial charge in [0.1, 0.15) is 6.07 Å². The third-order valence-electron chi connectivity index (χ3n) is 13.3. The zero-order chi connectivity index (χ0) is 29.1. The Bertz CT molecular complexity index is 1380. The summed E-state index contributed by atoms with van der Waals surface area (Å²) in [5.41, 5.74) is -0.896. The number of fused-ring (bicyclic) bond motifs is 7. The van der Waals surface area contributed by atoms with Gasteiger partial charge in [0.25, 0.3) is 0 Å². The molecule has 5 nitrogen and oxygen atoms in total. The summed E-state index contributed by atoms with van der Waals surface area (Å²) in [6, 6.07) is 2.19. The number of carbonyl (C=O) groups excluding carboxylic acids is 3. The van der Waals surface area contributed by atoms with E-state index >= 15 is 0 Å². The quantitative estimate of drug-likeness (QED) is 0.378. The molecule has 1 heterocycles. The maximum Gasteiger partial charge on any atom is 0.178 e. The molecular weight excluding hydrogens is 496 g/mol. The molecule has 6 aliphatic rings. The number of nitrogens with zero attached hydrogens (tertiary/aromatic N) is 2. The zero-order valence-electron chi connectivity index (χ0n) is 25.3. The van der Waals surface area contributed by atoms with E-state index in [0.717, 1.165) is 50.5 Å². The highest BCUT2D eigenvalue weighted by Gasteiger charge is 2.70. The van der Waals surface area contributed by atoms with Crippen molar-refractivity contribution in [3.05, 3.63) is 35.6 Å². The first kappa shape index (κ1) is 27.6. The summed E-state index contributed by atoms with van der Waals surface area (Å²) >= 11 is 0. The van der Waals surface area contributed by atoms with Crippen LogP contribution in [-0.4, -0.2) is 23.6 Å². The van der Waals surface area contributed by atoms with Gasteiger partial charge in [-0.3, -0.25) is 19.4 Å². The second kappa shape index (κ2) is 8.24. The minimum atomic E-state index is -0.671. The molecule has 0 N–H and O–H groups in total. The standard InChI is InChI=1S/C35H44N2O3/c1-30(2)11-13-35(29(40)21-9-15-37-20-21)14-12-34(7)27(23(35)18-30)24(38)16-26-32(5)17-22(19-36)28(39)31(3,4)25(32)8-10-33(26,34)6/h9,15-17,20-21,23,25,27H,8,10-14,18H2,1-7H3/t21?,23?,25-,27?,32-,33+,34+,35-/m0/s1. The first-order chi connectivity index (χ1) is 18.6. The average Bonchev–Trinajstić information content (AvgIpc) is 3.42. The Morgan fingerprint density at radius 2 is 1.70 bits per heavy atom. The predicted molar refractivity (Wildman–Crippen MR) is 155 cm³/mol. The molecule has 0 aromatic heterocycles. The van der Waals surface area contributed by atoms with Crippen molar-refractivity contribution in [3.8, 4) is 6.07 Å². The van der Waals surface area contributed by atoms with Crippen molar-refractivity contribution in [3.63, 3.8) is 0 Å². The van der Waals surface area contributed by atoms with Crippen molar-refractivity contribution in [2.24, 2.45) is 61.2 Å². The highest BCUT2D eigenvalue weighted by molar-refractivity contribution is 6.05. The summed E-state index contributed by atoms with van der Waals surface area (Å²) in [7, 11) is 0. The first-order valence-corrected chi connectivity index (χ1v) is 15.3. The molecule has 3 fully saturated rings. The maximum atomic E-state index is 14.6. The molecule has 0 spiro atoms. The Labute approximate surface area is 239 Å². The predicted octanol–water partition coefficient (Wildman–Crippen LogP) is 6.99. The van der Waals surface area contributed by atoms with Gasteiger partial charge in [-0.25, -0.2) is 0 Å². The van der Waals surface area contributed by atoms with Crippen molar-refractivity contribution < 1.29 is 14.4 Å². The molecule has 212 valence electrons. The van der Waals surface area contributed by atoms with Crippen molar-refractivity contribution in [1.82, 2.24) is 0 Å². The second-order valence-electron chi connectivity index (χ2n) is 15.9. The molecule has 5 heteroatoms. The SMILES string of the molecule is CC1(C)CC[C@]2(C(=O)C3C=CN=C3)CC[C@]3(C)C(C(=O)C=C4[C@@]5(C)C=C(C#N)C(=O)C(C)(C)[C@@H]5CC[C@]43C)C2C1. The number of carbonyl (C=O) groups is 3. The number of rotatable bonds is 2. The number of hydrogen-bond donors (Lipinski definition) is 0. The van der Waals surface area contributed by atoms with Crippen molar-refractivity contribution in [1.29, 1.82) is 5.26 Å². The van der Waals surface area contributed by atoms with Crippen molar-refractivity contribution in [2.75, 3.05) is 0 Å². The largest absolute Gasteiger partial charge is 0.298 e. The van der Waals surface area contributed by atoms with Crippen LogP contribution >= 0.6 is 0 Å². The van der Waals surface area contributed by atoms with Crippen LogP contribution in [0.5, 0.6) is 0 Å². The lowest BCUT2D eigenvalue weighted by atomic mass is 9.34. The molecule has 0 aromatic rings. The fraction of sp³-hybridized carbons (Fsp3) is 0.686. The first-order valence-electron chi connectivity index (χ1n) is 15.3. The minimum Gasteiger partial charge on any atom is -0.298 e. The molecule has 6 rings (SSSR count). The number of aliphatic imine (C=N–C) groups is 1. The summed E-state index contributed by atoms with van der Waals surface area (Å²) < 4.78 is 0. The van der Waals surface area contributed by atoms with E-state index in [4.69, 9.17) is 0 Å². The lowest BCUT2D eigenvalue weighted by Gasteiger charge is -2.69. The number of Topliss-reactive ketones (excluding diaryl/α,β-unsaturated/α-hetero) is 2. The lowest BCUT2D eigenvalue weighted by Crippen LogP contribution is -2.66. The molecule has 0 saturated heterocycles. The van der Waals surface area contributed by atoms with Gasteiger partial charge in [0, 0.05) is 34.6 Å². The van der Waals surface area contributed by atoms with Crippen LogP contribution in [0.2, 0.25) is 0 Å². The van der Waals surface area contributed by atoms with Gasteiger partial charge in [0.15, 0.2) is 17.3 Å². The van der Waals surface area contributed by atoms with Gasteiger partial charge in [-0.05, 0) is 79.1 Å². The van der Waals surface area contributed by atoms with Crippen LogP contribution < -0.4 is 0 Å². The number of hydrogen-bond acceptors (Lipinski definition) is 5. The fourth-order valence-electron chi connectivity index (χ4n) is 10.9. The second-order valence-corrected chi connectivity index (χ2v) is 15.9. The summed E-state index contributed by atoms with van der Waals surface area (Å²) in [5.74, 6) is -0.171. The molecule has 0 radical (unpaired) electrons. The molecule has 40 heavy (non-hydrogen) atoms. The van der Waals surface area contributed by atoms with E-state index in [1.54, 1.807) is 12.4 Å². The molecular formula is C35H44N2O3. The van der Waals surface area contributed by atoms with Crippen molar-refractivity contribution >= 4 is 23.6 Å². The van der Waals surface area contributed by atoms with Gasteiger partial charge in [-0.2, -0.15) is 5.26 Å². The Morgan fingerprint density at radius 3 is 2.35 bits per heavy atom. The monoisotopic (exact) mass is 540 g/mol. The fourth-order valence-corrected chi connectivity index (χ4v) is 10.9.